The summed E-state index contributed by atoms with van der Waals surface area (Å²) >= 11 is 3.91. The van der Waals surface area contributed by atoms with Crippen molar-refractivity contribution in [2.24, 2.45) is 0 Å². The summed E-state index contributed by atoms with van der Waals surface area (Å²) in [6, 6.07) is -0.861. The molecule has 0 aromatic carbocycles. The molecule has 7 heteroatoms. The standard InChI is InChI=1S/C7H13NO3S3/c1-3-13-14-8(5(2)9)6(4-12)7(10)11/h6,12H,3-4H2,1-2H3,(H,10,11). The number of nitrogens with zero attached hydrogens (tertiary/aromatic N) is 1. The Hall–Kier alpha value is -0.0100. The first-order valence-corrected chi connectivity index (χ1v) is 6.88. The van der Waals surface area contributed by atoms with Crippen LogP contribution in [0.2, 0.25) is 0 Å². The normalized spacial score (nSPS) is 12.2. The van der Waals surface area contributed by atoms with Crippen LogP contribution in [0.25, 0.3) is 0 Å². The molecule has 0 spiro atoms. The minimum absolute atomic E-state index is 0.117. The van der Waals surface area contributed by atoms with E-state index in [9.17, 15) is 9.59 Å². The first kappa shape index (κ1) is 14.0. The van der Waals surface area contributed by atoms with E-state index in [1.165, 1.54) is 22.0 Å². The van der Waals surface area contributed by atoms with Gasteiger partial charge in [-0.25, -0.2) is 4.79 Å². The molecule has 0 heterocycles. The minimum atomic E-state index is -1.03. The molecule has 0 aliphatic rings. The third kappa shape index (κ3) is 4.47. The molecule has 4 nitrogen and oxygen atoms in total. The van der Waals surface area contributed by atoms with E-state index in [1.807, 2.05) is 6.92 Å². The maximum atomic E-state index is 11.1. The molecule has 0 bridgehead atoms. The van der Waals surface area contributed by atoms with Gasteiger partial charge in [0, 0.05) is 29.4 Å². The van der Waals surface area contributed by atoms with Crippen molar-refractivity contribution in [3.8, 4) is 0 Å². The monoisotopic (exact) mass is 255 g/mol. The van der Waals surface area contributed by atoms with E-state index in [2.05, 4.69) is 12.6 Å². The molecule has 1 atom stereocenters. The predicted octanol–water partition coefficient (Wildman–Crippen LogP) is 1.53. The minimum Gasteiger partial charge on any atom is -0.480 e. The topological polar surface area (TPSA) is 57.6 Å². The molecule has 0 fully saturated rings. The first-order chi connectivity index (χ1) is 6.54. The van der Waals surface area contributed by atoms with Crippen molar-refractivity contribution in [1.29, 1.82) is 0 Å². The molecule has 82 valence electrons. The van der Waals surface area contributed by atoms with Crippen LogP contribution in [0.3, 0.4) is 0 Å². The Bertz CT molecular complexity index is 212. The number of carbonyl (C=O) groups excluding carboxylic acids is 1. The fourth-order valence-electron chi connectivity index (χ4n) is 0.686. The zero-order chi connectivity index (χ0) is 11.1. The Morgan fingerprint density at radius 2 is 2.14 bits per heavy atom. The van der Waals surface area contributed by atoms with Crippen molar-refractivity contribution >= 4 is 46.3 Å². The van der Waals surface area contributed by atoms with E-state index in [0.29, 0.717) is 0 Å². The molecular formula is C7H13NO3S3. The Kier molecular flexibility index (Phi) is 7.30. The molecule has 0 aliphatic heterocycles. The van der Waals surface area contributed by atoms with E-state index in [4.69, 9.17) is 5.11 Å². The van der Waals surface area contributed by atoms with Gasteiger partial charge in [0.15, 0.2) is 0 Å². The van der Waals surface area contributed by atoms with Crippen LogP contribution in [0, 0.1) is 0 Å². The number of hydrogen-bond acceptors (Lipinski definition) is 5. The summed E-state index contributed by atoms with van der Waals surface area (Å²) in [4.78, 5) is 21.9. The highest BCUT2D eigenvalue weighted by molar-refractivity contribution is 8.75. The predicted molar refractivity (Wildman–Crippen MR) is 63.5 cm³/mol. The second kappa shape index (κ2) is 7.30. The van der Waals surface area contributed by atoms with Crippen LogP contribution < -0.4 is 0 Å². The molecule has 0 aliphatic carbocycles. The Morgan fingerprint density at radius 1 is 1.57 bits per heavy atom. The van der Waals surface area contributed by atoms with Crippen LogP contribution in [0.4, 0.5) is 0 Å². The lowest BCUT2D eigenvalue weighted by Gasteiger charge is -2.24. The van der Waals surface area contributed by atoms with Gasteiger partial charge in [-0.2, -0.15) is 12.6 Å². The fourth-order valence-corrected chi connectivity index (χ4v) is 2.99. The van der Waals surface area contributed by atoms with Crippen molar-refractivity contribution in [3.63, 3.8) is 0 Å². The highest BCUT2D eigenvalue weighted by Crippen LogP contribution is 2.28. The van der Waals surface area contributed by atoms with E-state index in [0.717, 1.165) is 16.7 Å². The molecule has 0 rings (SSSR count). The highest BCUT2D eigenvalue weighted by Gasteiger charge is 2.27. The molecule has 1 unspecified atom stereocenters. The van der Waals surface area contributed by atoms with Crippen molar-refractivity contribution in [3.05, 3.63) is 0 Å². The molecule has 0 aromatic heterocycles. The number of rotatable bonds is 6. The van der Waals surface area contributed by atoms with E-state index in [-0.39, 0.29) is 11.7 Å². The van der Waals surface area contributed by atoms with Crippen LogP contribution in [-0.2, 0) is 9.59 Å². The summed E-state index contributed by atoms with van der Waals surface area (Å²) < 4.78 is 1.24. The third-order valence-corrected chi connectivity index (χ3v) is 4.17. The molecule has 0 aromatic rings. The van der Waals surface area contributed by atoms with Gasteiger partial charge >= 0.3 is 5.97 Å². The van der Waals surface area contributed by atoms with E-state index >= 15 is 0 Å². The summed E-state index contributed by atoms with van der Waals surface area (Å²) in [7, 11) is 2.59. The number of hydrogen-bond donors (Lipinski definition) is 2. The molecule has 14 heavy (non-hydrogen) atoms. The number of carbonyl (C=O) groups is 2. The van der Waals surface area contributed by atoms with Gasteiger partial charge in [-0.15, -0.1) is 0 Å². The summed E-state index contributed by atoms with van der Waals surface area (Å²) in [6.45, 7) is 3.29. The first-order valence-electron chi connectivity index (χ1n) is 3.97. The lowest BCUT2D eigenvalue weighted by Crippen LogP contribution is -2.40. The van der Waals surface area contributed by atoms with E-state index < -0.39 is 12.0 Å². The smallest absolute Gasteiger partial charge is 0.328 e. The average molecular weight is 255 g/mol. The zero-order valence-electron chi connectivity index (χ0n) is 7.97. The lowest BCUT2D eigenvalue weighted by molar-refractivity contribution is -0.144. The number of thiol groups is 1. The third-order valence-electron chi connectivity index (χ3n) is 1.30. The summed E-state index contributed by atoms with van der Waals surface area (Å²) in [5, 5.41) is 8.83. The van der Waals surface area contributed by atoms with Crippen molar-refractivity contribution in [2.75, 3.05) is 11.5 Å². The Balaban J connectivity index is 4.44. The number of aliphatic carboxylic acids is 1. The van der Waals surface area contributed by atoms with Gasteiger partial charge < -0.3 is 5.11 Å². The molecular weight excluding hydrogens is 242 g/mol. The summed E-state index contributed by atoms with van der Waals surface area (Å²) in [6.07, 6.45) is 0. The summed E-state index contributed by atoms with van der Waals surface area (Å²) in [5.74, 6) is -0.365. The van der Waals surface area contributed by atoms with Crippen molar-refractivity contribution in [1.82, 2.24) is 4.31 Å². The zero-order valence-corrected chi connectivity index (χ0v) is 10.5. The number of carboxylic acid groups (broad SMARTS) is 1. The van der Waals surface area contributed by atoms with Crippen LogP contribution >= 0.6 is 34.4 Å². The second-order valence-electron chi connectivity index (χ2n) is 2.36. The highest BCUT2D eigenvalue weighted by atomic mass is 33.1. The molecule has 0 saturated heterocycles. The maximum Gasteiger partial charge on any atom is 0.328 e. The van der Waals surface area contributed by atoms with Crippen LogP contribution in [-0.4, -0.2) is 38.8 Å². The Morgan fingerprint density at radius 3 is 2.43 bits per heavy atom. The largest absolute Gasteiger partial charge is 0.480 e. The van der Waals surface area contributed by atoms with Gasteiger partial charge in [0.1, 0.15) is 6.04 Å². The quantitative estimate of drug-likeness (QED) is 0.428. The van der Waals surface area contributed by atoms with E-state index in [1.54, 1.807) is 0 Å². The number of carboxylic acids is 1. The molecule has 0 saturated carbocycles. The van der Waals surface area contributed by atoms with Crippen molar-refractivity contribution < 1.29 is 14.7 Å². The number of amides is 1. The van der Waals surface area contributed by atoms with Gasteiger partial charge in [-0.05, 0) is 0 Å². The average Bonchev–Trinajstić information content (AvgIpc) is 2.10. The maximum absolute atomic E-state index is 11.1. The summed E-state index contributed by atoms with van der Waals surface area (Å²) in [5.41, 5.74) is 0. The van der Waals surface area contributed by atoms with Crippen LogP contribution in [0.15, 0.2) is 0 Å². The van der Waals surface area contributed by atoms with Gasteiger partial charge in [-0.3, -0.25) is 9.10 Å². The SMILES string of the molecule is CCSSN(C(C)=O)C(CS)C(=O)O. The molecule has 1 amide bonds. The van der Waals surface area contributed by atoms with Crippen molar-refractivity contribution in [2.45, 2.75) is 19.9 Å². The van der Waals surface area contributed by atoms with Crippen LogP contribution in [0.1, 0.15) is 13.8 Å². The lowest BCUT2D eigenvalue weighted by atomic mass is 10.3. The fraction of sp³-hybridized carbons (Fsp3) is 0.714. The van der Waals surface area contributed by atoms with Crippen LogP contribution in [0.5, 0.6) is 0 Å². The van der Waals surface area contributed by atoms with Gasteiger partial charge in [0.2, 0.25) is 5.91 Å². The Labute approximate surface area is 96.7 Å². The van der Waals surface area contributed by atoms with Gasteiger partial charge in [0.25, 0.3) is 0 Å². The molecule has 0 radical (unpaired) electrons. The second-order valence-corrected chi connectivity index (χ2v) is 5.24. The van der Waals surface area contributed by atoms with Gasteiger partial charge in [-0.1, -0.05) is 17.7 Å². The molecule has 1 N–H and O–H groups in total. The van der Waals surface area contributed by atoms with Gasteiger partial charge in [0.05, 0.1) is 0 Å².